The first-order valence-electron chi connectivity index (χ1n) is 4.56. The van der Waals surface area contributed by atoms with Crippen LogP contribution in [0.2, 0.25) is 0 Å². The van der Waals surface area contributed by atoms with E-state index in [1.54, 1.807) is 0 Å². The van der Waals surface area contributed by atoms with Crippen LogP contribution in [-0.4, -0.2) is 23.9 Å². The summed E-state index contributed by atoms with van der Waals surface area (Å²) >= 11 is 0. The van der Waals surface area contributed by atoms with Gasteiger partial charge in [-0.25, -0.2) is 0 Å². The average Bonchev–Trinajstić information content (AvgIpc) is 2.22. The standard InChI is InChI=1S/C8H6F9OP/c9-5(10,3-1-2-4-19-18)6(11,12)7(13,14)8(15,16)17/h1-3H2. The zero-order valence-electron chi connectivity index (χ0n) is 8.88. The summed E-state index contributed by atoms with van der Waals surface area (Å²) in [5.74, 6) is -19.0. The van der Waals surface area contributed by atoms with E-state index >= 15 is 0 Å². The van der Waals surface area contributed by atoms with Crippen LogP contribution in [0.3, 0.4) is 0 Å². The molecule has 0 aliphatic heterocycles. The molecule has 0 unspecified atom stereocenters. The van der Waals surface area contributed by atoms with Gasteiger partial charge in [-0.2, -0.15) is 0 Å². The van der Waals surface area contributed by atoms with E-state index in [2.05, 4.69) is 0 Å². The van der Waals surface area contributed by atoms with E-state index in [0.717, 1.165) is 0 Å². The molecule has 0 N–H and O–H groups in total. The van der Waals surface area contributed by atoms with Gasteiger partial charge in [-0.1, -0.05) is 0 Å². The van der Waals surface area contributed by atoms with Gasteiger partial charge in [0.1, 0.15) is 0 Å². The van der Waals surface area contributed by atoms with E-state index in [9.17, 15) is 44.1 Å². The molecule has 0 rings (SSSR count). The molecule has 0 saturated carbocycles. The number of alkyl halides is 9. The molecule has 0 aromatic carbocycles. The molecule has 0 fully saturated rings. The van der Waals surface area contributed by atoms with Crippen LogP contribution in [0.15, 0.2) is 0 Å². The van der Waals surface area contributed by atoms with E-state index in [1.165, 1.54) is 0 Å². The molecule has 19 heavy (non-hydrogen) atoms. The molecule has 0 amide bonds. The van der Waals surface area contributed by atoms with Crippen LogP contribution in [0, 0.1) is 5.63 Å². The van der Waals surface area contributed by atoms with Crippen LogP contribution in [-0.2, 0) is 4.57 Å². The zero-order chi connectivity index (χ0) is 15.5. The van der Waals surface area contributed by atoms with Gasteiger partial charge in [-0.3, -0.25) is 0 Å². The van der Waals surface area contributed by atoms with E-state index < -0.39 is 51.1 Å². The molecular formula is C8H6F9OP. The van der Waals surface area contributed by atoms with Gasteiger partial charge in [0.2, 0.25) is 0 Å². The summed E-state index contributed by atoms with van der Waals surface area (Å²) in [4.78, 5) is 0. The van der Waals surface area contributed by atoms with Gasteiger partial charge < -0.3 is 0 Å². The molecule has 0 aliphatic rings. The van der Waals surface area contributed by atoms with Crippen LogP contribution < -0.4 is 0 Å². The fourth-order valence-corrected chi connectivity index (χ4v) is 1.25. The Balaban J connectivity index is 5.14. The van der Waals surface area contributed by atoms with Crippen LogP contribution in [0.5, 0.6) is 0 Å². The Hall–Kier alpha value is -0.620. The van der Waals surface area contributed by atoms with Crippen molar-refractivity contribution >= 4 is 7.92 Å². The average molecular weight is 320 g/mol. The normalized spacial score (nSPS) is 14.2. The second kappa shape index (κ2) is 5.79. The van der Waals surface area contributed by atoms with Crippen molar-refractivity contribution in [2.24, 2.45) is 0 Å². The minimum atomic E-state index is -6.85. The van der Waals surface area contributed by atoms with E-state index in [0.29, 0.717) is 0 Å². The Morgan fingerprint density at radius 1 is 0.842 bits per heavy atom. The van der Waals surface area contributed by atoms with Crippen molar-refractivity contribution in [2.45, 2.75) is 43.2 Å². The van der Waals surface area contributed by atoms with Crippen molar-refractivity contribution in [1.82, 2.24) is 0 Å². The molecular weight excluding hydrogens is 314 g/mol. The van der Waals surface area contributed by atoms with Crippen molar-refractivity contribution < 1.29 is 44.1 Å². The summed E-state index contributed by atoms with van der Waals surface area (Å²) in [7, 11) is -0.717. The number of hydrogen-bond donors (Lipinski definition) is 0. The Bertz CT molecular complexity index is 407. The zero-order valence-corrected chi connectivity index (χ0v) is 9.77. The Labute approximate surface area is 102 Å². The first-order chi connectivity index (χ1) is 8.31. The number of halogens is 9. The molecule has 0 aliphatic carbocycles. The van der Waals surface area contributed by atoms with Crippen LogP contribution in [0.25, 0.3) is 0 Å². The third-order valence-corrected chi connectivity index (χ3v) is 2.41. The van der Waals surface area contributed by atoms with Crippen LogP contribution >= 0.6 is 7.92 Å². The molecule has 0 saturated heterocycles. The molecule has 0 atom stereocenters. The quantitative estimate of drug-likeness (QED) is 0.401. The number of unbranched alkanes of at least 4 members (excludes halogenated alkanes) is 1. The molecule has 1 nitrogen and oxygen atoms in total. The van der Waals surface area contributed by atoms with Crippen LogP contribution in [0.1, 0.15) is 19.3 Å². The fraction of sp³-hybridized carbons (Fsp3) is 0.875. The first-order valence-corrected chi connectivity index (χ1v) is 5.38. The fourth-order valence-electron chi connectivity index (χ4n) is 1.000. The molecule has 112 valence electrons. The number of rotatable bonds is 5. The van der Waals surface area contributed by atoms with Crippen molar-refractivity contribution in [3.8, 4) is 5.63 Å². The molecule has 0 aromatic heterocycles. The topological polar surface area (TPSA) is 17.1 Å². The first kappa shape index (κ1) is 18.4. The predicted molar refractivity (Wildman–Crippen MR) is 46.2 cm³/mol. The van der Waals surface area contributed by atoms with Gasteiger partial charge in [-0.05, 0) is 0 Å². The second-order valence-corrected chi connectivity index (χ2v) is 3.95. The van der Waals surface area contributed by atoms with Gasteiger partial charge in [0.05, 0.1) is 0 Å². The molecule has 0 radical (unpaired) electrons. The van der Waals surface area contributed by atoms with Crippen LogP contribution in [0.4, 0.5) is 39.5 Å². The summed E-state index contributed by atoms with van der Waals surface area (Å²) in [6.45, 7) is 0. The molecule has 0 heterocycles. The SMILES string of the molecule is O=P#CCCCC(F)(F)C(F)(F)C(F)(F)C(F)(F)F. The number of hydrogen-bond acceptors (Lipinski definition) is 1. The van der Waals surface area contributed by atoms with Gasteiger partial charge in [0.15, 0.2) is 0 Å². The summed E-state index contributed by atoms with van der Waals surface area (Å²) in [6, 6.07) is 0. The Morgan fingerprint density at radius 3 is 1.68 bits per heavy atom. The maximum atomic E-state index is 12.8. The summed E-state index contributed by atoms with van der Waals surface area (Å²) in [5.41, 5.74) is 1.87. The molecule has 0 aromatic rings. The van der Waals surface area contributed by atoms with Crippen molar-refractivity contribution in [3.63, 3.8) is 0 Å². The minimum absolute atomic E-state index is 0.520. The third-order valence-electron chi connectivity index (χ3n) is 2.05. The maximum absolute atomic E-state index is 12.8. The Kier molecular flexibility index (Phi) is 5.60. The van der Waals surface area contributed by atoms with Crippen molar-refractivity contribution in [1.29, 1.82) is 0 Å². The summed E-state index contributed by atoms with van der Waals surface area (Å²) in [5, 5.41) is 0. The predicted octanol–water partition coefficient (Wildman–Crippen LogP) is 4.88. The second-order valence-electron chi connectivity index (χ2n) is 3.45. The monoisotopic (exact) mass is 320 g/mol. The van der Waals surface area contributed by atoms with Gasteiger partial charge >= 0.3 is 101 Å². The van der Waals surface area contributed by atoms with E-state index in [4.69, 9.17) is 0 Å². The van der Waals surface area contributed by atoms with Gasteiger partial charge in [0, 0.05) is 0 Å². The van der Waals surface area contributed by atoms with Crippen molar-refractivity contribution in [2.75, 3.05) is 0 Å². The van der Waals surface area contributed by atoms with Crippen molar-refractivity contribution in [3.05, 3.63) is 0 Å². The molecule has 0 spiro atoms. The summed E-state index contributed by atoms with van der Waals surface area (Å²) < 4.78 is 121. The molecule has 0 bridgehead atoms. The van der Waals surface area contributed by atoms with E-state index in [1.807, 2.05) is 5.63 Å². The van der Waals surface area contributed by atoms with Gasteiger partial charge in [-0.15, -0.1) is 0 Å². The third kappa shape index (κ3) is 3.69. The summed E-state index contributed by atoms with van der Waals surface area (Å²) in [6.07, 6.45) is -10.1. The molecule has 11 heteroatoms. The van der Waals surface area contributed by atoms with E-state index in [-0.39, 0.29) is 0 Å². The Morgan fingerprint density at radius 2 is 1.32 bits per heavy atom. The van der Waals surface area contributed by atoms with Gasteiger partial charge in [0.25, 0.3) is 0 Å².